The van der Waals surface area contributed by atoms with Crippen molar-refractivity contribution in [2.75, 3.05) is 0 Å². The minimum atomic E-state index is -0.187. The van der Waals surface area contributed by atoms with Crippen LogP contribution in [0.2, 0.25) is 0 Å². The maximum absolute atomic E-state index is 12.1. The third-order valence-corrected chi connectivity index (χ3v) is 2.41. The lowest BCUT2D eigenvalue weighted by Gasteiger charge is -2.01. The van der Waals surface area contributed by atoms with Crippen LogP contribution in [0, 0.1) is 0 Å². The molecule has 0 aliphatic rings. The molecule has 0 radical (unpaired) electrons. The van der Waals surface area contributed by atoms with E-state index in [0.717, 1.165) is 0 Å². The van der Waals surface area contributed by atoms with E-state index in [9.17, 15) is 4.79 Å². The van der Waals surface area contributed by atoms with Gasteiger partial charge in [-0.25, -0.2) is 9.97 Å². The van der Waals surface area contributed by atoms with Crippen LogP contribution >= 0.6 is 0 Å². The van der Waals surface area contributed by atoms with Crippen LogP contribution in [-0.2, 0) is 13.6 Å². The molecule has 0 aliphatic carbocycles. The number of rotatable bonds is 2. The highest BCUT2D eigenvalue weighted by Gasteiger charge is 2.10. The van der Waals surface area contributed by atoms with Gasteiger partial charge in [-0.1, -0.05) is 5.16 Å². The minimum Gasteiger partial charge on any atom is -0.338 e. The Hall–Kier alpha value is -2.51. The zero-order valence-corrected chi connectivity index (χ0v) is 8.94. The Balaban J connectivity index is 2.14. The standard InChI is InChI=1S/C9H8N6O2/c1-14-4-11-8-7(14)9(16)15(5-12-8)2-6-10-3-13-17-6/h3-5H,2H2,1H3. The first-order valence-corrected chi connectivity index (χ1v) is 4.88. The average Bonchev–Trinajstić information content (AvgIpc) is 2.93. The van der Waals surface area contributed by atoms with Gasteiger partial charge < -0.3 is 9.09 Å². The summed E-state index contributed by atoms with van der Waals surface area (Å²) in [6, 6.07) is 0. The Morgan fingerprint density at radius 3 is 2.88 bits per heavy atom. The molecule has 0 saturated carbocycles. The predicted molar refractivity (Wildman–Crippen MR) is 56.2 cm³/mol. The van der Waals surface area contributed by atoms with Gasteiger partial charge >= 0.3 is 0 Å². The summed E-state index contributed by atoms with van der Waals surface area (Å²) < 4.78 is 7.88. The zero-order valence-electron chi connectivity index (χ0n) is 8.94. The highest BCUT2D eigenvalue weighted by atomic mass is 16.5. The minimum absolute atomic E-state index is 0.187. The van der Waals surface area contributed by atoms with E-state index >= 15 is 0 Å². The van der Waals surface area contributed by atoms with E-state index in [-0.39, 0.29) is 12.1 Å². The molecule has 8 nitrogen and oxygen atoms in total. The Labute approximate surface area is 94.5 Å². The number of hydrogen-bond acceptors (Lipinski definition) is 6. The second-order valence-electron chi connectivity index (χ2n) is 3.54. The lowest BCUT2D eigenvalue weighted by atomic mass is 10.5. The van der Waals surface area contributed by atoms with Gasteiger partial charge in [0.1, 0.15) is 12.9 Å². The molecular weight excluding hydrogens is 224 g/mol. The smallest absolute Gasteiger partial charge is 0.280 e. The number of hydrogen-bond donors (Lipinski definition) is 0. The third kappa shape index (κ3) is 1.50. The molecule has 0 fully saturated rings. The molecule has 3 aromatic heterocycles. The summed E-state index contributed by atoms with van der Waals surface area (Å²) in [5, 5.41) is 3.48. The highest BCUT2D eigenvalue weighted by molar-refractivity contribution is 5.68. The summed E-state index contributed by atoms with van der Waals surface area (Å²) >= 11 is 0. The molecule has 0 spiro atoms. The quantitative estimate of drug-likeness (QED) is 0.594. The van der Waals surface area contributed by atoms with Crippen molar-refractivity contribution in [3.05, 3.63) is 35.2 Å². The van der Waals surface area contributed by atoms with Crippen LogP contribution in [0.25, 0.3) is 11.2 Å². The van der Waals surface area contributed by atoms with E-state index < -0.39 is 0 Å². The van der Waals surface area contributed by atoms with Gasteiger partial charge in [-0.3, -0.25) is 9.36 Å². The van der Waals surface area contributed by atoms with Crippen molar-refractivity contribution in [2.45, 2.75) is 6.54 Å². The lowest BCUT2D eigenvalue weighted by Crippen LogP contribution is -2.22. The first kappa shape index (κ1) is 9.70. The molecule has 0 bridgehead atoms. The fourth-order valence-corrected chi connectivity index (χ4v) is 1.60. The van der Waals surface area contributed by atoms with Crippen LogP contribution in [0.4, 0.5) is 0 Å². The first-order chi connectivity index (χ1) is 8.25. The molecular formula is C9H8N6O2. The molecule has 17 heavy (non-hydrogen) atoms. The summed E-state index contributed by atoms with van der Waals surface area (Å²) in [7, 11) is 1.75. The number of aromatic nitrogens is 6. The third-order valence-electron chi connectivity index (χ3n) is 2.41. The fraction of sp³-hybridized carbons (Fsp3) is 0.222. The number of nitrogens with zero attached hydrogens (tertiary/aromatic N) is 6. The van der Waals surface area contributed by atoms with Crippen molar-refractivity contribution in [3.63, 3.8) is 0 Å². The molecule has 0 atom stereocenters. The topological polar surface area (TPSA) is 91.6 Å². The molecule has 3 heterocycles. The molecule has 0 N–H and O–H groups in total. The molecule has 86 valence electrons. The van der Waals surface area contributed by atoms with E-state index in [1.807, 2.05) is 0 Å². The largest absolute Gasteiger partial charge is 0.338 e. The molecule has 0 unspecified atom stereocenters. The summed E-state index contributed by atoms with van der Waals surface area (Å²) in [4.78, 5) is 24.1. The molecule has 0 aliphatic heterocycles. The van der Waals surface area contributed by atoms with Gasteiger partial charge in [0, 0.05) is 7.05 Å². The first-order valence-electron chi connectivity index (χ1n) is 4.88. The predicted octanol–water partition coefficient (Wildman–Crippen LogP) is -0.439. The maximum Gasteiger partial charge on any atom is 0.280 e. The van der Waals surface area contributed by atoms with Crippen LogP contribution in [0.15, 0.2) is 28.3 Å². The van der Waals surface area contributed by atoms with Crippen molar-refractivity contribution in [2.24, 2.45) is 7.05 Å². The number of aryl methyl sites for hydroxylation is 1. The van der Waals surface area contributed by atoms with E-state index in [1.165, 1.54) is 17.2 Å². The zero-order chi connectivity index (χ0) is 11.8. The molecule has 0 aromatic carbocycles. The van der Waals surface area contributed by atoms with Crippen molar-refractivity contribution in [1.82, 2.24) is 29.2 Å². The number of fused-ring (bicyclic) bond motifs is 1. The molecule has 3 rings (SSSR count). The van der Waals surface area contributed by atoms with Gasteiger partial charge in [-0.15, -0.1) is 0 Å². The van der Waals surface area contributed by atoms with Crippen molar-refractivity contribution in [3.8, 4) is 0 Å². The van der Waals surface area contributed by atoms with Crippen LogP contribution in [0.1, 0.15) is 5.89 Å². The van der Waals surface area contributed by atoms with Crippen molar-refractivity contribution < 1.29 is 4.52 Å². The molecule has 8 heteroatoms. The van der Waals surface area contributed by atoms with E-state index in [2.05, 4.69) is 20.1 Å². The normalized spacial score (nSPS) is 11.1. The van der Waals surface area contributed by atoms with Crippen LogP contribution < -0.4 is 5.56 Å². The summed E-state index contributed by atoms with van der Waals surface area (Å²) in [6.07, 6.45) is 4.26. The summed E-state index contributed by atoms with van der Waals surface area (Å²) in [5.41, 5.74) is 0.694. The van der Waals surface area contributed by atoms with Crippen molar-refractivity contribution >= 4 is 11.2 Å². The summed E-state index contributed by atoms with van der Waals surface area (Å²) in [6.45, 7) is 0.201. The highest BCUT2D eigenvalue weighted by Crippen LogP contribution is 2.02. The van der Waals surface area contributed by atoms with Gasteiger partial charge in [-0.05, 0) is 0 Å². The molecule has 0 saturated heterocycles. The van der Waals surface area contributed by atoms with Gasteiger partial charge in [0.05, 0.1) is 6.33 Å². The Morgan fingerprint density at radius 2 is 2.12 bits per heavy atom. The van der Waals surface area contributed by atoms with Crippen LogP contribution in [0.3, 0.4) is 0 Å². The van der Waals surface area contributed by atoms with E-state index in [4.69, 9.17) is 4.52 Å². The SMILES string of the molecule is Cn1cnc2ncn(Cc3ncno3)c(=O)c21. The second-order valence-corrected chi connectivity index (χ2v) is 3.54. The van der Waals surface area contributed by atoms with E-state index in [0.29, 0.717) is 17.1 Å². The van der Waals surface area contributed by atoms with E-state index in [1.54, 1.807) is 17.9 Å². The van der Waals surface area contributed by atoms with Gasteiger partial charge in [0.15, 0.2) is 17.5 Å². The van der Waals surface area contributed by atoms with Crippen LogP contribution in [0.5, 0.6) is 0 Å². The Kier molecular flexibility index (Phi) is 2.00. The van der Waals surface area contributed by atoms with Gasteiger partial charge in [0.25, 0.3) is 5.56 Å². The molecule has 3 aromatic rings. The second kappa shape index (κ2) is 3.51. The summed E-state index contributed by atoms with van der Waals surface area (Å²) in [5.74, 6) is 0.357. The lowest BCUT2D eigenvalue weighted by molar-refractivity contribution is 0.368. The number of imidazole rings is 1. The Bertz CT molecular complexity index is 711. The molecule has 0 amide bonds. The average molecular weight is 232 g/mol. The van der Waals surface area contributed by atoms with Gasteiger partial charge in [-0.2, -0.15) is 4.98 Å². The fourth-order valence-electron chi connectivity index (χ4n) is 1.60. The van der Waals surface area contributed by atoms with Gasteiger partial charge in [0.2, 0.25) is 5.89 Å². The van der Waals surface area contributed by atoms with Crippen LogP contribution in [-0.4, -0.2) is 29.2 Å². The van der Waals surface area contributed by atoms with Crippen molar-refractivity contribution in [1.29, 1.82) is 0 Å². The Morgan fingerprint density at radius 1 is 1.29 bits per heavy atom. The maximum atomic E-state index is 12.1. The monoisotopic (exact) mass is 232 g/mol.